The average Bonchev–Trinajstić information content (AvgIpc) is 2.78. The molecule has 0 radical (unpaired) electrons. The molecule has 0 unspecified atom stereocenters. The Morgan fingerprint density at radius 1 is 1.41 bits per heavy atom. The average molecular weight is 249 g/mol. The van der Waals surface area contributed by atoms with Crippen molar-refractivity contribution < 1.29 is 4.74 Å². The number of benzene rings is 1. The largest absolute Gasteiger partial charge is 0.496 e. The van der Waals surface area contributed by atoms with Crippen LogP contribution in [0.15, 0.2) is 18.2 Å². The van der Waals surface area contributed by atoms with Crippen LogP contribution in [0, 0.1) is 6.92 Å². The van der Waals surface area contributed by atoms with Crippen LogP contribution in [-0.4, -0.2) is 23.0 Å². The van der Waals surface area contributed by atoms with Crippen LogP contribution in [0.25, 0.3) is 11.4 Å². The third-order valence-corrected chi connectivity index (χ3v) is 3.08. The van der Waals surface area contributed by atoms with Gasteiger partial charge in [0.05, 0.1) is 7.11 Å². The van der Waals surface area contributed by atoms with E-state index in [2.05, 4.69) is 14.7 Å². The minimum atomic E-state index is 0.761. The lowest BCUT2D eigenvalue weighted by Gasteiger charge is -2.04. The van der Waals surface area contributed by atoms with E-state index in [0.29, 0.717) is 0 Å². The molecule has 0 spiro atoms. The Morgan fingerprint density at radius 2 is 2.24 bits per heavy atom. The minimum Gasteiger partial charge on any atom is -0.496 e. The van der Waals surface area contributed by atoms with Crippen LogP contribution in [0.3, 0.4) is 0 Å². The number of hydrogen-bond acceptors (Lipinski definition) is 5. The van der Waals surface area contributed by atoms with Gasteiger partial charge in [0.2, 0.25) is 5.13 Å². The van der Waals surface area contributed by atoms with Gasteiger partial charge in [-0.15, -0.1) is 0 Å². The van der Waals surface area contributed by atoms with Gasteiger partial charge in [0.25, 0.3) is 0 Å². The molecule has 0 saturated carbocycles. The number of methoxy groups -OCH3 is 1. The smallest absolute Gasteiger partial charge is 0.202 e. The zero-order valence-electron chi connectivity index (χ0n) is 10.2. The quantitative estimate of drug-likeness (QED) is 0.905. The molecule has 2 aromatic rings. The van der Waals surface area contributed by atoms with Crippen LogP contribution in [0.2, 0.25) is 0 Å². The lowest BCUT2D eigenvalue weighted by atomic mass is 10.1. The highest BCUT2D eigenvalue weighted by Crippen LogP contribution is 2.26. The molecular weight excluding hydrogens is 234 g/mol. The van der Waals surface area contributed by atoms with Crippen molar-refractivity contribution in [3.63, 3.8) is 0 Å². The van der Waals surface area contributed by atoms with Gasteiger partial charge in [-0.05, 0) is 37.6 Å². The van der Waals surface area contributed by atoms with E-state index in [1.165, 1.54) is 11.5 Å². The van der Waals surface area contributed by atoms with Crippen LogP contribution >= 0.6 is 11.5 Å². The van der Waals surface area contributed by atoms with Crippen molar-refractivity contribution in [1.82, 2.24) is 9.36 Å². The Hall–Kier alpha value is -1.62. The Balaban J connectivity index is 2.29. The SMILES string of the molecule is CCNc1nc(-c2ccc(OC)c(C)c2)ns1. The zero-order valence-corrected chi connectivity index (χ0v) is 11.0. The van der Waals surface area contributed by atoms with Crippen LogP contribution in [0.1, 0.15) is 12.5 Å². The second kappa shape index (κ2) is 5.14. The fraction of sp³-hybridized carbons (Fsp3) is 0.333. The number of rotatable bonds is 4. The third kappa shape index (κ3) is 2.55. The molecule has 0 aliphatic rings. The number of nitrogens with zero attached hydrogens (tertiary/aromatic N) is 2. The number of nitrogens with one attached hydrogen (secondary N) is 1. The molecular formula is C12H15N3OS. The molecule has 1 heterocycles. The first kappa shape index (κ1) is 11.9. The second-order valence-corrected chi connectivity index (χ2v) is 4.39. The first-order valence-corrected chi connectivity index (χ1v) is 6.24. The maximum atomic E-state index is 5.23. The molecule has 0 aliphatic heterocycles. The Morgan fingerprint density at radius 3 is 2.88 bits per heavy atom. The molecule has 0 aliphatic carbocycles. The summed E-state index contributed by atoms with van der Waals surface area (Å²) in [5, 5.41) is 4.01. The van der Waals surface area contributed by atoms with Gasteiger partial charge >= 0.3 is 0 Å². The van der Waals surface area contributed by atoms with Crippen molar-refractivity contribution >= 4 is 16.7 Å². The van der Waals surface area contributed by atoms with E-state index in [9.17, 15) is 0 Å². The molecule has 4 nitrogen and oxygen atoms in total. The molecule has 1 aromatic heterocycles. The van der Waals surface area contributed by atoms with Gasteiger partial charge in [-0.3, -0.25) is 0 Å². The summed E-state index contributed by atoms with van der Waals surface area (Å²) >= 11 is 1.38. The minimum absolute atomic E-state index is 0.761. The molecule has 0 saturated heterocycles. The number of anilines is 1. The highest BCUT2D eigenvalue weighted by atomic mass is 32.1. The van der Waals surface area contributed by atoms with E-state index in [1.807, 2.05) is 32.0 Å². The van der Waals surface area contributed by atoms with Gasteiger partial charge in [0.15, 0.2) is 5.82 Å². The van der Waals surface area contributed by atoms with Gasteiger partial charge in [-0.25, -0.2) is 0 Å². The molecule has 2 rings (SSSR count). The molecule has 90 valence electrons. The van der Waals surface area contributed by atoms with Crippen molar-refractivity contribution in [1.29, 1.82) is 0 Å². The fourth-order valence-electron chi connectivity index (χ4n) is 1.58. The van der Waals surface area contributed by atoms with Gasteiger partial charge in [0, 0.05) is 23.6 Å². The normalized spacial score (nSPS) is 10.3. The van der Waals surface area contributed by atoms with Crippen LogP contribution in [0.4, 0.5) is 5.13 Å². The maximum absolute atomic E-state index is 5.23. The van der Waals surface area contributed by atoms with Crippen LogP contribution < -0.4 is 10.1 Å². The van der Waals surface area contributed by atoms with Crippen molar-refractivity contribution in [3.05, 3.63) is 23.8 Å². The number of hydrogen-bond donors (Lipinski definition) is 1. The maximum Gasteiger partial charge on any atom is 0.202 e. The summed E-state index contributed by atoms with van der Waals surface area (Å²) in [6, 6.07) is 5.96. The first-order chi connectivity index (χ1) is 8.24. The molecule has 1 aromatic carbocycles. The lowest BCUT2D eigenvalue weighted by Crippen LogP contribution is -1.95. The molecule has 17 heavy (non-hydrogen) atoms. The summed E-state index contributed by atoms with van der Waals surface area (Å²) in [5.41, 5.74) is 2.11. The monoisotopic (exact) mass is 249 g/mol. The van der Waals surface area contributed by atoms with Gasteiger partial charge in [0.1, 0.15) is 5.75 Å². The topological polar surface area (TPSA) is 47.0 Å². The summed E-state index contributed by atoms with van der Waals surface area (Å²) in [5.74, 6) is 1.65. The van der Waals surface area contributed by atoms with Crippen LogP contribution in [-0.2, 0) is 0 Å². The van der Waals surface area contributed by atoms with Crippen molar-refractivity contribution in [2.45, 2.75) is 13.8 Å². The zero-order chi connectivity index (χ0) is 12.3. The molecule has 1 N–H and O–H groups in total. The molecule has 0 amide bonds. The Kier molecular flexibility index (Phi) is 3.58. The van der Waals surface area contributed by atoms with Crippen LogP contribution in [0.5, 0.6) is 5.75 Å². The van der Waals surface area contributed by atoms with E-state index in [0.717, 1.165) is 34.4 Å². The number of aryl methyl sites for hydroxylation is 1. The van der Waals surface area contributed by atoms with E-state index in [1.54, 1.807) is 7.11 Å². The summed E-state index contributed by atoms with van der Waals surface area (Å²) in [7, 11) is 1.67. The second-order valence-electron chi connectivity index (χ2n) is 3.64. The van der Waals surface area contributed by atoms with E-state index >= 15 is 0 Å². The van der Waals surface area contributed by atoms with Crippen molar-refractivity contribution in [2.75, 3.05) is 19.0 Å². The number of ether oxygens (including phenoxy) is 1. The first-order valence-electron chi connectivity index (χ1n) is 5.47. The highest BCUT2D eigenvalue weighted by Gasteiger charge is 2.07. The summed E-state index contributed by atoms with van der Waals surface area (Å²) in [6.07, 6.45) is 0. The lowest BCUT2D eigenvalue weighted by molar-refractivity contribution is 0.412. The van der Waals surface area contributed by atoms with E-state index in [4.69, 9.17) is 4.74 Å². The molecule has 0 bridgehead atoms. The Labute approximate surface area is 105 Å². The fourth-order valence-corrected chi connectivity index (χ4v) is 2.24. The van der Waals surface area contributed by atoms with E-state index in [-0.39, 0.29) is 0 Å². The molecule has 0 fully saturated rings. The predicted molar refractivity (Wildman–Crippen MR) is 70.8 cm³/mol. The van der Waals surface area contributed by atoms with Crippen molar-refractivity contribution in [3.8, 4) is 17.1 Å². The highest BCUT2D eigenvalue weighted by molar-refractivity contribution is 7.09. The van der Waals surface area contributed by atoms with E-state index < -0.39 is 0 Å². The van der Waals surface area contributed by atoms with Gasteiger partial charge in [-0.1, -0.05) is 0 Å². The third-order valence-electron chi connectivity index (χ3n) is 2.41. The predicted octanol–water partition coefficient (Wildman–Crippen LogP) is 2.95. The standard InChI is InChI=1S/C12H15N3OS/c1-4-13-12-14-11(15-17-12)9-5-6-10(16-3)8(2)7-9/h5-7H,4H2,1-3H3,(H,13,14,15). The summed E-state index contributed by atoms with van der Waals surface area (Å²) in [6.45, 7) is 4.91. The van der Waals surface area contributed by atoms with Gasteiger partial charge in [-0.2, -0.15) is 9.36 Å². The molecule has 0 atom stereocenters. The summed E-state index contributed by atoms with van der Waals surface area (Å²) in [4.78, 5) is 4.42. The summed E-state index contributed by atoms with van der Waals surface area (Å²) < 4.78 is 9.56. The molecule has 5 heteroatoms. The van der Waals surface area contributed by atoms with Crippen molar-refractivity contribution in [2.24, 2.45) is 0 Å². The Bertz CT molecular complexity index is 510. The number of aromatic nitrogens is 2. The van der Waals surface area contributed by atoms with Gasteiger partial charge < -0.3 is 10.1 Å².